The molecule has 0 radical (unpaired) electrons. The number of aromatic nitrogens is 3. The predicted molar refractivity (Wildman–Crippen MR) is 67.6 cm³/mol. The summed E-state index contributed by atoms with van der Waals surface area (Å²) in [6, 6.07) is -0.477. The van der Waals surface area contributed by atoms with E-state index in [0.717, 1.165) is 12.2 Å². The molecule has 0 aliphatic rings. The van der Waals surface area contributed by atoms with Crippen LogP contribution in [0.5, 0.6) is 0 Å². The van der Waals surface area contributed by atoms with E-state index in [2.05, 4.69) is 15.2 Å². The summed E-state index contributed by atoms with van der Waals surface area (Å²) < 4.78 is 0. The van der Waals surface area contributed by atoms with Crippen molar-refractivity contribution in [2.24, 2.45) is 0 Å². The Morgan fingerprint density at radius 3 is 2.47 bits per heavy atom. The van der Waals surface area contributed by atoms with E-state index in [1.807, 2.05) is 13.8 Å². The predicted octanol–water partition coefficient (Wildman–Crippen LogP) is 0.363. The Labute approximate surface area is 111 Å². The first-order chi connectivity index (χ1) is 8.99. The molecule has 8 heteroatoms. The van der Waals surface area contributed by atoms with Crippen LogP contribution in [0.1, 0.15) is 31.9 Å². The maximum absolute atomic E-state index is 10.9. The number of nitrogens with one attached hydrogen (secondary N) is 1. The minimum Gasteiger partial charge on any atom is -0.483 e. The lowest BCUT2D eigenvalue weighted by atomic mass is 10.2. The lowest BCUT2D eigenvalue weighted by Gasteiger charge is -2.21. The van der Waals surface area contributed by atoms with E-state index < -0.39 is 12.0 Å². The van der Waals surface area contributed by atoms with E-state index in [9.17, 15) is 4.79 Å². The van der Waals surface area contributed by atoms with Crippen molar-refractivity contribution in [2.75, 3.05) is 7.05 Å². The van der Waals surface area contributed by atoms with Crippen molar-refractivity contribution in [2.45, 2.75) is 39.3 Å². The number of aliphatic carboxylic acids is 1. The molecule has 1 rings (SSSR count). The lowest BCUT2D eigenvalue weighted by molar-refractivity contribution is -0.143. The van der Waals surface area contributed by atoms with Gasteiger partial charge in [-0.05, 0) is 13.5 Å². The molecule has 0 spiro atoms. The van der Waals surface area contributed by atoms with Crippen LogP contribution in [-0.2, 0) is 22.6 Å². The molecule has 1 heterocycles. The highest BCUT2D eigenvalue weighted by Crippen LogP contribution is 2.06. The molecule has 0 aliphatic carbocycles. The number of aryl methyl sites for hydroxylation is 1. The van der Waals surface area contributed by atoms with Gasteiger partial charge in [0.25, 0.3) is 6.47 Å². The second-order valence-electron chi connectivity index (χ2n) is 3.83. The van der Waals surface area contributed by atoms with Crippen LogP contribution in [0.2, 0.25) is 0 Å². The van der Waals surface area contributed by atoms with Gasteiger partial charge in [-0.2, -0.15) is 5.10 Å². The lowest BCUT2D eigenvalue weighted by Crippen LogP contribution is -2.37. The second kappa shape index (κ2) is 9.03. The van der Waals surface area contributed by atoms with Crippen molar-refractivity contribution in [3.05, 3.63) is 11.6 Å². The van der Waals surface area contributed by atoms with Gasteiger partial charge in [-0.25, -0.2) is 4.98 Å². The minimum absolute atomic E-state index is 0.250. The van der Waals surface area contributed by atoms with Crippen molar-refractivity contribution in [3.8, 4) is 0 Å². The zero-order valence-corrected chi connectivity index (χ0v) is 11.3. The van der Waals surface area contributed by atoms with Crippen LogP contribution >= 0.6 is 0 Å². The van der Waals surface area contributed by atoms with Gasteiger partial charge in [0, 0.05) is 6.42 Å². The van der Waals surface area contributed by atoms with Crippen molar-refractivity contribution in [3.63, 3.8) is 0 Å². The standard InChI is InChI=1S/C10H18N4O2.CH2O2/c1-4-7(10(15)16)14(3)6-9-11-8(5-2)12-13-9;2-1-3/h7H,4-6H2,1-3H3,(H,15,16)(H,11,12,13);1H,(H,2,3). The van der Waals surface area contributed by atoms with Gasteiger partial charge in [0.15, 0.2) is 0 Å². The maximum Gasteiger partial charge on any atom is 0.320 e. The van der Waals surface area contributed by atoms with Crippen LogP contribution in [0, 0.1) is 0 Å². The zero-order valence-electron chi connectivity index (χ0n) is 11.3. The van der Waals surface area contributed by atoms with Gasteiger partial charge in [0.2, 0.25) is 0 Å². The molecule has 0 aliphatic heterocycles. The molecule has 108 valence electrons. The quantitative estimate of drug-likeness (QED) is 0.639. The van der Waals surface area contributed by atoms with Gasteiger partial charge in [0.1, 0.15) is 17.7 Å². The van der Waals surface area contributed by atoms with E-state index in [4.69, 9.17) is 15.0 Å². The number of carboxylic acids is 1. The van der Waals surface area contributed by atoms with Gasteiger partial charge >= 0.3 is 5.97 Å². The van der Waals surface area contributed by atoms with Gasteiger partial charge in [0.05, 0.1) is 6.54 Å². The van der Waals surface area contributed by atoms with Gasteiger partial charge in [-0.1, -0.05) is 13.8 Å². The Morgan fingerprint density at radius 2 is 2.11 bits per heavy atom. The maximum atomic E-state index is 10.9. The second-order valence-corrected chi connectivity index (χ2v) is 3.83. The van der Waals surface area contributed by atoms with E-state index >= 15 is 0 Å². The van der Waals surface area contributed by atoms with Crippen LogP contribution in [0.25, 0.3) is 0 Å². The van der Waals surface area contributed by atoms with E-state index in [-0.39, 0.29) is 6.47 Å². The molecule has 0 bridgehead atoms. The monoisotopic (exact) mass is 272 g/mol. The van der Waals surface area contributed by atoms with Crippen molar-refractivity contribution >= 4 is 12.4 Å². The molecule has 8 nitrogen and oxygen atoms in total. The number of hydrogen-bond donors (Lipinski definition) is 3. The molecule has 3 N–H and O–H groups in total. The van der Waals surface area contributed by atoms with Gasteiger partial charge in [-0.15, -0.1) is 0 Å². The largest absolute Gasteiger partial charge is 0.483 e. The number of rotatable bonds is 6. The number of hydrogen-bond acceptors (Lipinski definition) is 5. The number of nitrogens with zero attached hydrogens (tertiary/aromatic N) is 3. The van der Waals surface area contributed by atoms with Crippen LogP contribution in [0.4, 0.5) is 0 Å². The fraction of sp³-hybridized carbons (Fsp3) is 0.636. The summed E-state index contributed by atoms with van der Waals surface area (Å²) in [6.07, 6.45) is 1.34. The van der Waals surface area contributed by atoms with Crippen LogP contribution < -0.4 is 0 Å². The molecule has 0 aromatic carbocycles. The summed E-state index contributed by atoms with van der Waals surface area (Å²) in [5.41, 5.74) is 0. The first kappa shape index (κ1) is 17.0. The Morgan fingerprint density at radius 1 is 1.53 bits per heavy atom. The third-order valence-corrected chi connectivity index (χ3v) is 2.50. The molecule has 1 atom stereocenters. The molecule has 0 fully saturated rings. The highest BCUT2D eigenvalue weighted by atomic mass is 16.4. The average Bonchev–Trinajstić information content (AvgIpc) is 2.78. The van der Waals surface area contributed by atoms with Crippen molar-refractivity contribution in [1.29, 1.82) is 0 Å². The molecule has 1 aromatic rings. The highest BCUT2D eigenvalue weighted by molar-refractivity contribution is 5.73. The normalized spacial score (nSPS) is 11.6. The average molecular weight is 272 g/mol. The highest BCUT2D eigenvalue weighted by Gasteiger charge is 2.21. The number of carbonyl (C=O) groups is 2. The smallest absolute Gasteiger partial charge is 0.320 e. The Hall–Kier alpha value is -1.96. The minimum atomic E-state index is -0.805. The van der Waals surface area contributed by atoms with Gasteiger partial charge < -0.3 is 10.2 Å². The fourth-order valence-electron chi connectivity index (χ4n) is 1.58. The molecule has 1 unspecified atom stereocenters. The molecule has 0 amide bonds. The number of likely N-dealkylation sites (N-methyl/N-ethyl adjacent to an activating group) is 1. The fourth-order valence-corrected chi connectivity index (χ4v) is 1.58. The third-order valence-electron chi connectivity index (χ3n) is 2.50. The Balaban J connectivity index is 0.000000982. The number of carboxylic acid groups (broad SMARTS) is 2. The summed E-state index contributed by atoms with van der Waals surface area (Å²) in [7, 11) is 1.77. The van der Waals surface area contributed by atoms with E-state index in [1.165, 1.54) is 0 Å². The summed E-state index contributed by atoms with van der Waals surface area (Å²) in [4.78, 5) is 25.3. The SMILES string of the molecule is CCc1n[nH]c(CN(C)C(CC)C(=O)O)n1.O=CO. The molecular weight excluding hydrogens is 252 g/mol. The Bertz CT molecular complexity index is 394. The van der Waals surface area contributed by atoms with Gasteiger partial charge in [-0.3, -0.25) is 19.6 Å². The summed E-state index contributed by atoms with van der Waals surface area (Å²) in [5, 5.41) is 22.7. The zero-order chi connectivity index (χ0) is 14.8. The van der Waals surface area contributed by atoms with Crippen molar-refractivity contribution in [1.82, 2.24) is 20.1 Å². The van der Waals surface area contributed by atoms with Crippen molar-refractivity contribution < 1.29 is 19.8 Å². The summed E-state index contributed by atoms with van der Waals surface area (Å²) in [5.74, 6) is 0.658. The van der Waals surface area contributed by atoms with E-state index in [0.29, 0.717) is 18.8 Å². The van der Waals surface area contributed by atoms with E-state index in [1.54, 1.807) is 11.9 Å². The molecule has 1 aromatic heterocycles. The molecule has 19 heavy (non-hydrogen) atoms. The molecule has 0 saturated carbocycles. The Kier molecular flexibility index (Phi) is 8.10. The first-order valence-corrected chi connectivity index (χ1v) is 5.91. The van der Waals surface area contributed by atoms with Crippen LogP contribution in [-0.4, -0.2) is 55.8 Å². The summed E-state index contributed by atoms with van der Waals surface area (Å²) in [6.45, 7) is 4.05. The number of aromatic amines is 1. The summed E-state index contributed by atoms with van der Waals surface area (Å²) >= 11 is 0. The van der Waals surface area contributed by atoms with Crippen LogP contribution in [0.15, 0.2) is 0 Å². The topological polar surface area (TPSA) is 119 Å². The third kappa shape index (κ3) is 5.96. The van der Waals surface area contributed by atoms with Crippen LogP contribution in [0.3, 0.4) is 0 Å². The first-order valence-electron chi connectivity index (χ1n) is 5.91. The molecular formula is C11H20N4O4. The molecule has 0 saturated heterocycles. The number of H-pyrrole nitrogens is 1.